The lowest BCUT2D eigenvalue weighted by molar-refractivity contribution is 0.640. The van der Waals surface area contributed by atoms with E-state index in [1.807, 2.05) is 6.08 Å². The zero-order valence-electron chi connectivity index (χ0n) is 15.9. The van der Waals surface area contributed by atoms with E-state index in [4.69, 9.17) is 0 Å². The highest BCUT2D eigenvalue weighted by atomic mass is 14.1. The molecule has 0 unspecified atom stereocenters. The van der Waals surface area contributed by atoms with Crippen LogP contribution in [0.25, 0.3) is 0 Å². The third kappa shape index (κ3) is 11.6. The van der Waals surface area contributed by atoms with Crippen LogP contribution in [-0.4, -0.2) is 0 Å². The van der Waals surface area contributed by atoms with E-state index in [0.29, 0.717) is 5.92 Å². The lowest BCUT2D eigenvalue weighted by Gasteiger charge is -2.12. The van der Waals surface area contributed by atoms with Crippen molar-refractivity contribution in [2.24, 2.45) is 11.8 Å². The second kappa shape index (κ2) is 12.5. The zero-order valence-corrected chi connectivity index (χ0v) is 15.9. The highest BCUT2D eigenvalue weighted by Gasteiger charge is 2.03. The maximum absolute atomic E-state index is 3.90. The molecule has 0 rings (SSSR count). The fourth-order valence-electron chi connectivity index (χ4n) is 2.48. The van der Waals surface area contributed by atoms with Crippen molar-refractivity contribution in [1.82, 2.24) is 0 Å². The summed E-state index contributed by atoms with van der Waals surface area (Å²) in [5.41, 5.74) is 4.57. The van der Waals surface area contributed by atoms with Gasteiger partial charge >= 0.3 is 0 Å². The molecule has 0 aromatic rings. The molecule has 0 spiro atoms. The average Bonchev–Trinajstić information content (AvgIpc) is 2.41. The van der Waals surface area contributed by atoms with Gasteiger partial charge in [-0.2, -0.15) is 0 Å². The quantitative estimate of drug-likeness (QED) is 0.344. The largest absolute Gasteiger partial charge is 0.103 e. The van der Waals surface area contributed by atoms with Gasteiger partial charge in [0.1, 0.15) is 0 Å². The van der Waals surface area contributed by atoms with Gasteiger partial charge in [-0.15, -0.1) is 6.58 Å². The first-order valence-corrected chi connectivity index (χ1v) is 8.97. The molecule has 0 heteroatoms. The highest BCUT2D eigenvalue weighted by Crippen LogP contribution is 2.21. The summed E-state index contributed by atoms with van der Waals surface area (Å²) in [6, 6.07) is 0. The van der Waals surface area contributed by atoms with E-state index in [1.54, 1.807) is 11.1 Å². The number of rotatable bonds is 11. The van der Waals surface area contributed by atoms with Gasteiger partial charge in [-0.1, -0.05) is 68.7 Å². The second-order valence-electron chi connectivity index (χ2n) is 7.28. The van der Waals surface area contributed by atoms with Crippen LogP contribution in [-0.2, 0) is 0 Å². The Morgan fingerprint density at radius 2 is 1.55 bits per heavy atom. The van der Waals surface area contributed by atoms with Crippen molar-refractivity contribution in [2.75, 3.05) is 0 Å². The molecule has 0 nitrogen and oxygen atoms in total. The van der Waals surface area contributed by atoms with Crippen LogP contribution in [0.1, 0.15) is 80.1 Å². The second-order valence-corrected chi connectivity index (χ2v) is 7.28. The Hall–Kier alpha value is -1.04. The van der Waals surface area contributed by atoms with Gasteiger partial charge in [-0.3, -0.25) is 0 Å². The lowest BCUT2D eigenvalue weighted by Crippen LogP contribution is -1.96. The summed E-state index contributed by atoms with van der Waals surface area (Å²) in [5, 5.41) is 0. The van der Waals surface area contributed by atoms with Crippen molar-refractivity contribution in [2.45, 2.75) is 80.1 Å². The molecule has 0 amide bonds. The summed E-state index contributed by atoms with van der Waals surface area (Å²) in [6.45, 7) is 17.5. The van der Waals surface area contributed by atoms with Gasteiger partial charge in [0.05, 0.1) is 0 Å². The fourth-order valence-corrected chi connectivity index (χ4v) is 2.48. The van der Waals surface area contributed by atoms with E-state index in [0.717, 1.165) is 18.8 Å². The van der Waals surface area contributed by atoms with Crippen LogP contribution in [0.2, 0.25) is 0 Å². The third-order valence-electron chi connectivity index (χ3n) is 3.88. The summed E-state index contributed by atoms with van der Waals surface area (Å²) in [7, 11) is 0. The van der Waals surface area contributed by atoms with Crippen LogP contribution >= 0.6 is 0 Å². The Balaban J connectivity index is 4.54. The predicted octanol–water partition coefficient (Wildman–Crippen LogP) is 7.64. The summed E-state index contributed by atoms with van der Waals surface area (Å²) in [6.07, 6.45) is 16.2. The summed E-state index contributed by atoms with van der Waals surface area (Å²) < 4.78 is 0. The van der Waals surface area contributed by atoms with Crippen LogP contribution < -0.4 is 0 Å². The van der Waals surface area contributed by atoms with Crippen molar-refractivity contribution in [3.8, 4) is 0 Å². The Morgan fingerprint density at radius 3 is 2.05 bits per heavy atom. The van der Waals surface area contributed by atoms with Crippen molar-refractivity contribution < 1.29 is 0 Å². The third-order valence-corrected chi connectivity index (χ3v) is 3.88. The van der Waals surface area contributed by atoms with E-state index in [2.05, 4.69) is 66.3 Å². The van der Waals surface area contributed by atoms with Crippen molar-refractivity contribution >= 4 is 0 Å². The SMILES string of the molecule is C=CC/C(=C\CC/C(=C/CC(C)C)C(C)C)CCC=C(C)C. The van der Waals surface area contributed by atoms with Gasteiger partial charge in [0.2, 0.25) is 0 Å². The van der Waals surface area contributed by atoms with Crippen LogP contribution in [0.3, 0.4) is 0 Å². The van der Waals surface area contributed by atoms with Crippen LogP contribution in [0.15, 0.2) is 47.6 Å². The van der Waals surface area contributed by atoms with E-state index < -0.39 is 0 Å². The van der Waals surface area contributed by atoms with Crippen molar-refractivity contribution in [3.05, 3.63) is 47.6 Å². The first kappa shape index (κ1) is 21.0. The van der Waals surface area contributed by atoms with Crippen molar-refractivity contribution in [3.63, 3.8) is 0 Å². The summed E-state index contributed by atoms with van der Waals surface area (Å²) in [4.78, 5) is 0. The molecule has 0 atom stereocenters. The average molecular weight is 303 g/mol. The monoisotopic (exact) mass is 302 g/mol. The summed E-state index contributed by atoms with van der Waals surface area (Å²) >= 11 is 0. The molecule has 0 radical (unpaired) electrons. The van der Waals surface area contributed by atoms with Crippen LogP contribution in [0.4, 0.5) is 0 Å². The number of allylic oxidation sites excluding steroid dienone is 7. The first-order valence-electron chi connectivity index (χ1n) is 8.97. The maximum atomic E-state index is 3.90. The smallest absolute Gasteiger partial charge is 0.0141 e. The normalized spacial score (nSPS) is 12.9. The van der Waals surface area contributed by atoms with Gasteiger partial charge < -0.3 is 0 Å². The molecule has 0 aliphatic heterocycles. The molecule has 0 aromatic heterocycles. The Labute approximate surface area is 140 Å². The molecule has 0 aromatic carbocycles. The molecule has 0 aliphatic rings. The van der Waals surface area contributed by atoms with Gasteiger partial charge in [0.25, 0.3) is 0 Å². The molecule has 126 valence electrons. The predicted molar refractivity (Wildman–Crippen MR) is 103 cm³/mol. The molecule has 0 N–H and O–H groups in total. The molecule has 0 saturated heterocycles. The molecule has 22 heavy (non-hydrogen) atoms. The summed E-state index contributed by atoms with van der Waals surface area (Å²) in [5.74, 6) is 1.42. The topological polar surface area (TPSA) is 0 Å². The minimum Gasteiger partial charge on any atom is -0.103 e. The lowest BCUT2D eigenvalue weighted by atomic mass is 9.94. The Kier molecular flexibility index (Phi) is 11.9. The standard InChI is InChI=1S/C22H38/c1-8-11-21(13-9-12-18(2)3)14-10-15-22(20(6)7)17-16-19(4)5/h8,12,14,17,19-20H,1,9-11,13,15-16H2,2-7H3/b21-14+,22-17-. The first-order chi connectivity index (χ1) is 10.4. The molecular formula is C22H38. The molecule has 0 saturated carbocycles. The number of hydrogen-bond donors (Lipinski definition) is 0. The van der Waals surface area contributed by atoms with Crippen LogP contribution in [0.5, 0.6) is 0 Å². The van der Waals surface area contributed by atoms with Gasteiger partial charge in [-0.25, -0.2) is 0 Å². The van der Waals surface area contributed by atoms with Crippen LogP contribution in [0, 0.1) is 11.8 Å². The van der Waals surface area contributed by atoms with E-state index in [9.17, 15) is 0 Å². The molecule has 0 bridgehead atoms. The zero-order chi connectivity index (χ0) is 17.0. The van der Waals surface area contributed by atoms with Gasteiger partial charge in [-0.05, 0) is 64.2 Å². The molecule has 0 fully saturated rings. The number of hydrogen-bond acceptors (Lipinski definition) is 0. The fraction of sp³-hybridized carbons (Fsp3) is 0.636. The Bertz CT molecular complexity index is 384. The minimum atomic E-state index is 0.667. The van der Waals surface area contributed by atoms with Gasteiger partial charge in [0, 0.05) is 0 Å². The highest BCUT2D eigenvalue weighted by molar-refractivity contribution is 5.11. The van der Waals surface area contributed by atoms with Crippen molar-refractivity contribution in [1.29, 1.82) is 0 Å². The minimum absolute atomic E-state index is 0.667. The molecule has 0 heterocycles. The van der Waals surface area contributed by atoms with E-state index >= 15 is 0 Å². The van der Waals surface area contributed by atoms with E-state index in [1.165, 1.54) is 31.3 Å². The maximum Gasteiger partial charge on any atom is -0.0141 e. The van der Waals surface area contributed by atoms with Gasteiger partial charge in [0.15, 0.2) is 0 Å². The molecule has 0 aliphatic carbocycles. The molecular weight excluding hydrogens is 264 g/mol. The Morgan fingerprint density at radius 1 is 0.909 bits per heavy atom. The van der Waals surface area contributed by atoms with E-state index in [-0.39, 0.29) is 0 Å².